The Morgan fingerprint density at radius 1 is 1.00 bits per heavy atom. The minimum atomic E-state index is -4.20. The van der Waals surface area contributed by atoms with E-state index in [4.69, 9.17) is 4.98 Å². The number of fused-ring (bicyclic) bond motifs is 4. The molecule has 200 valence electrons. The lowest BCUT2D eigenvalue weighted by atomic mass is 9.81. The highest BCUT2D eigenvalue weighted by Gasteiger charge is 2.43. The summed E-state index contributed by atoms with van der Waals surface area (Å²) in [5.41, 5.74) is 4.19. The standard InChI is InChI=1S/C29H32F3N5O/c30-29(31,32)17-37-22-5-3-6-23(37)16-21(15-22)34-28(38)33-20-10-12-25-19(14-20)9-13-27(35-25)36-26-11-8-18-4-1-2-7-24(18)26/h1-2,4,7,9-10,12-14,21-23,26H,3,5-6,8,11,15-17H2,(H,35,36)(H2,33,34,38). The van der Waals surface area contributed by atoms with E-state index >= 15 is 0 Å². The fourth-order valence-corrected chi connectivity index (χ4v) is 6.58. The predicted molar refractivity (Wildman–Crippen MR) is 142 cm³/mol. The molecule has 3 aromatic rings. The first-order chi connectivity index (χ1) is 18.3. The quantitative estimate of drug-likeness (QED) is 0.362. The van der Waals surface area contributed by atoms with Gasteiger partial charge in [-0.15, -0.1) is 0 Å². The van der Waals surface area contributed by atoms with Crippen LogP contribution in [0.15, 0.2) is 54.6 Å². The third-order valence-electron chi connectivity index (χ3n) is 8.23. The second kappa shape index (κ2) is 10.1. The number of pyridine rings is 1. The summed E-state index contributed by atoms with van der Waals surface area (Å²) >= 11 is 0. The van der Waals surface area contributed by atoms with E-state index in [1.165, 1.54) is 11.1 Å². The number of hydrogen-bond acceptors (Lipinski definition) is 4. The number of nitrogens with one attached hydrogen (secondary N) is 3. The molecule has 2 aliphatic heterocycles. The van der Waals surface area contributed by atoms with Crippen LogP contribution in [-0.4, -0.2) is 46.8 Å². The van der Waals surface area contributed by atoms with Crippen molar-refractivity contribution in [1.82, 2.24) is 15.2 Å². The van der Waals surface area contributed by atoms with Crippen LogP contribution in [0.5, 0.6) is 0 Å². The number of halogens is 3. The van der Waals surface area contributed by atoms with E-state index in [1.807, 2.05) is 30.3 Å². The summed E-state index contributed by atoms with van der Waals surface area (Å²) in [6.07, 6.45) is 1.43. The molecule has 0 radical (unpaired) electrons. The van der Waals surface area contributed by atoms with E-state index in [-0.39, 0.29) is 30.2 Å². The van der Waals surface area contributed by atoms with Crippen molar-refractivity contribution in [3.05, 3.63) is 65.7 Å². The van der Waals surface area contributed by atoms with Crippen molar-refractivity contribution in [2.45, 2.75) is 75.3 Å². The summed E-state index contributed by atoms with van der Waals surface area (Å²) in [4.78, 5) is 19.1. The number of nitrogens with zero attached hydrogens (tertiary/aromatic N) is 2. The van der Waals surface area contributed by atoms with Crippen molar-refractivity contribution in [1.29, 1.82) is 0 Å². The average molecular weight is 524 g/mol. The maximum atomic E-state index is 13.0. The Morgan fingerprint density at radius 2 is 1.79 bits per heavy atom. The molecule has 3 heterocycles. The van der Waals surface area contributed by atoms with Gasteiger partial charge in [-0.05, 0) is 80.0 Å². The summed E-state index contributed by atoms with van der Waals surface area (Å²) in [5, 5.41) is 10.4. The Bertz CT molecular complexity index is 1320. The first kappa shape index (κ1) is 25.0. The maximum Gasteiger partial charge on any atom is 0.401 e. The van der Waals surface area contributed by atoms with Gasteiger partial charge < -0.3 is 16.0 Å². The van der Waals surface area contributed by atoms with Crippen LogP contribution in [0.3, 0.4) is 0 Å². The highest BCUT2D eigenvalue weighted by Crippen LogP contribution is 2.36. The fourth-order valence-electron chi connectivity index (χ4n) is 6.58. The highest BCUT2D eigenvalue weighted by molar-refractivity contribution is 5.93. The summed E-state index contributed by atoms with van der Waals surface area (Å²) in [6, 6.07) is 17.6. The van der Waals surface area contributed by atoms with Crippen molar-refractivity contribution in [3.63, 3.8) is 0 Å². The number of amides is 2. The second-order valence-electron chi connectivity index (χ2n) is 10.8. The molecular weight excluding hydrogens is 491 g/mol. The molecule has 9 heteroatoms. The Kier molecular flexibility index (Phi) is 6.63. The van der Waals surface area contributed by atoms with E-state index in [9.17, 15) is 18.0 Å². The van der Waals surface area contributed by atoms with Crippen LogP contribution in [-0.2, 0) is 6.42 Å². The van der Waals surface area contributed by atoms with Crippen LogP contribution in [0.2, 0.25) is 0 Å². The SMILES string of the molecule is O=C(Nc1ccc2nc(NC3CCc4ccccc43)ccc2c1)NC1CC2CCCC(C1)N2CC(F)(F)F. The van der Waals surface area contributed by atoms with Crippen LogP contribution in [0.4, 0.5) is 29.5 Å². The van der Waals surface area contributed by atoms with Crippen LogP contribution in [0.1, 0.15) is 55.7 Å². The number of urea groups is 1. The van der Waals surface area contributed by atoms with Crippen molar-refractivity contribution >= 4 is 28.4 Å². The van der Waals surface area contributed by atoms with Gasteiger partial charge in [-0.1, -0.05) is 30.7 Å². The van der Waals surface area contributed by atoms with Crippen molar-refractivity contribution in [2.75, 3.05) is 17.2 Å². The van der Waals surface area contributed by atoms with Gasteiger partial charge in [-0.25, -0.2) is 9.78 Å². The number of aromatic nitrogens is 1. The first-order valence-corrected chi connectivity index (χ1v) is 13.5. The van der Waals surface area contributed by atoms with E-state index in [0.29, 0.717) is 18.5 Å². The Hall–Kier alpha value is -3.33. The number of hydrogen-bond donors (Lipinski definition) is 3. The van der Waals surface area contributed by atoms with Crippen molar-refractivity contribution in [2.24, 2.45) is 0 Å². The topological polar surface area (TPSA) is 69.3 Å². The number of carbonyl (C=O) groups is 1. The third-order valence-corrected chi connectivity index (χ3v) is 8.23. The van der Waals surface area contributed by atoms with Crippen molar-refractivity contribution < 1.29 is 18.0 Å². The molecule has 3 N–H and O–H groups in total. The Labute approximate surface area is 220 Å². The molecule has 2 saturated heterocycles. The summed E-state index contributed by atoms with van der Waals surface area (Å²) in [6.45, 7) is -0.864. The number of benzene rings is 2. The van der Waals surface area contributed by atoms with E-state index < -0.39 is 12.7 Å². The van der Waals surface area contributed by atoms with Crippen LogP contribution >= 0.6 is 0 Å². The van der Waals surface area contributed by atoms with Gasteiger partial charge >= 0.3 is 12.2 Å². The van der Waals surface area contributed by atoms with Crippen LogP contribution in [0, 0.1) is 0 Å². The molecule has 1 aliphatic carbocycles. The smallest absolute Gasteiger partial charge is 0.363 e. The average Bonchev–Trinajstić information content (AvgIpc) is 3.26. The predicted octanol–water partition coefficient (Wildman–Crippen LogP) is 6.40. The van der Waals surface area contributed by atoms with E-state index in [1.54, 1.807) is 4.90 Å². The van der Waals surface area contributed by atoms with Gasteiger partial charge in [0.05, 0.1) is 18.1 Å². The molecule has 3 aliphatic rings. The lowest BCUT2D eigenvalue weighted by molar-refractivity contribution is -0.166. The molecule has 2 fully saturated rings. The Balaban J connectivity index is 1.07. The van der Waals surface area contributed by atoms with Gasteiger partial charge in [-0.3, -0.25) is 4.90 Å². The molecule has 38 heavy (non-hydrogen) atoms. The number of aryl methyl sites for hydroxylation is 1. The molecule has 0 spiro atoms. The van der Waals surface area contributed by atoms with Crippen molar-refractivity contribution in [3.8, 4) is 0 Å². The molecule has 3 atom stereocenters. The molecule has 2 aromatic carbocycles. The minimum absolute atomic E-state index is 0.133. The molecule has 6 rings (SSSR count). The number of piperidine rings is 2. The van der Waals surface area contributed by atoms with Gasteiger partial charge in [0.25, 0.3) is 0 Å². The summed E-state index contributed by atoms with van der Waals surface area (Å²) < 4.78 is 39.1. The molecule has 2 amide bonds. The zero-order chi connectivity index (χ0) is 26.3. The summed E-state index contributed by atoms with van der Waals surface area (Å²) in [5.74, 6) is 0.820. The van der Waals surface area contributed by atoms with Gasteiger partial charge in [0, 0.05) is 29.2 Å². The van der Waals surface area contributed by atoms with Gasteiger partial charge in [0.1, 0.15) is 5.82 Å². The Morgan fingerprint density at radius 3 is 2.58 bits per heavy atom. The normalized spacial score (nSPS) is 25.1. The summed E-state index contributed by atoms with van der Waals surface area (Å²) in [7, 11) is 0. The largest absolute Gasteiger partial charge is 0.401 e. The van der Waals surface area contributed by atoms with E-state index in [2.05, 4.69) is 40.2 Å². The molecule has 0 saturated carbocycles. The lowest BCUT2D eigenvalue weighted by Crippen LogP contribution is -2.59. The second-order valence-corrected chi connectivity index (χ2v) is 10.8. The molecule has 2 bridgehead atoms. The number of alkyl halides is 3. The van der Waals surface area contributed by atoms with Gasteiger partial charge in [0.15, 0.2) is 0 Å². The zero-order valence-electron chi connectivity index (χ0n) is 21.1. The van der Waals surface area contributed by atoms with E-state index in [0.717, 1.165) is 48.8 Å². The monoisotopic (exact) mass is 523 g/mol. The lowest BCUT2D eigenvalue weighted by Gasteiger charge is -2.49. The highest BCUT2D eigenvalue weighted by atomic mass is 19.4. The molecule has 6 nitrogen and oxygen atoms in total. The zero-order valence-corrected chi connectivity index (χ0v) is 21.1. The number of carbonyl (C=O) groups excluding carboxylic acids is 1. The van der Waals surface area contributed by atoms with Crippen LogP contribution < -0.4 is 16.0 Å². The fraction of sp³-hybridized carbons (Fsp3) is 0.448. The number of anilines is 2. The number of rotatable bonds is 5. The first-order valence-electron chi connectivity index (χ1n) is 13.5. The van der Waals surface area contributed by atoms with Gasteiger partial charge in [0.2, 0.25) is 0 Å². The minimum Gasteiger partial charge on any atom is -0.363 e. The van der Waals surface area contributed by atoms with Gasteiger partial charge in [-0.2, -0.15) is 13.2 Å². The maximum absolute atomic E-state index is 13.0. The molecule has 1 aromatic heterocycles. The third kappa shape index (κ3) is 5.43. The molecule has 3 unspecified atom stereocenters. The molecular formula is C29H32F3N5O. The van der Waals surface area contributed by atoms with Crippen LogP contribution in [0.25, 0.3) is 10.9 Å².